The Morgan fingerprint density at radius 1 is 0.321 bits per heavy atom. The van der Waals surface area contributed by atoms with E-state index < -0.39 is 0 Å². The Balaban J connectivity index is 0.000000194. The first kappa shape index (κ1) is 31.3. The zero-order chi connectivity index (χ0) is 35.6. The highest BCUT2D eigenvalue weighted by atomic mass is 14.9. The molecule has 0 unspecified atom stereocenters. The summed E-state index contributed by atoms with van der Waals surface area (Å²) in [5, 5.41) is 3.78. The summed E-state index contributed by atoms with van der Waals surface area (Å²) in [5.41, 5.74) is 20.9. The van der Waals surface area contributed by atoms with E-state index in [1.165, 1.54) is 77.9 Å². The van der Waals surface area contributed by atoms with Crippen LogP contribution in [0, 0.1) is 0 Å². The average molecular weight is 678 g/mol. The fraction of sp³-hybridized carbons (Fsp3) is 0.0769. The van der Waals surface area contributed by atoms with Crippen molar-refractivity contribution >= 4 is 11.4 Å². The number of rotatable bonds is 3. The number of hydrogen-bond donors (Lipinski definition) is 1. The molecule has 0 fully saturated rings. The predicted molar refractivity (Wildman–Crippen MR) is 222 cm³/mol. The van der Waals surface area contributed by atoms with Gasteiger partial charge in [-0.2, -0.15) is 0 Å². The summed E-state index contributed by atoms with van der Waals surface area (Å²) in [7, 11) is 0. The zero-order valence-electron chi connectivity index (χ0n) is 30.0. The van der Waals surface area contributed by atoms with Crippen LogP contribution in [0.5, 0.6) is 0 Å². The third-order valence-corrected chi connectivity index (χ3v) is 11.8. The minimum Gasteiger partial charge on any atom is -0.355 e. The molecule has 11 rings (SSSR count). The predicted octanol–water partition coefficient (Wildman–Crippen LogP) is 13.4. The minimum absolute atomic E-state index is 0.160. The van der Waals surface area contributed by atoms with Crippen molar-refractivity contribution < 1.29 is 0 Å². The van der Waals surface area contributed by atoms with Crippen molar-refractivity contribution in [3.63, 3.8) is 0 Å². The second-order valence-corrected chi connectivity index (χ2v) is 14.9. The summed E-state index contributed by atoms with van der Waals surface area (Å²) in [6, 6.07) is 70.3. The second-order valence-electron chi connectivity index (χ2n) is 14.9. The number of hydrogen-bond acceptors (Lipinski definition) is 1. The van der Waals surface area contributed by atoms with Gasteiger partial charge in [-0.3, -0.25) is 0 Å². The molecule has 3 aliphatic carbocycles. The van der Waals surface area contributed by atoms with Gasteiger partial charge in [-0.15, -0.1) is 0 Å². The number of benzene rings is 8. The molecule has 0 amide bonds. The highest BCUT2D eigenvalue weighted by Crippen LogP contribution is 2.63. The van der Waals surface area contributed by atoms with Crippen molar-refractivity contribution in [1.82, 2.24) is 0 Å². The van der Waals surface area contributed by atoms with Crippen LogP contribution in [0.2, 0.25) is 0 Å². The Kier molecular flexibility index (Phi) is 7.13. The summed E-state index contributed by atoms with van der Waals surface area (Å²) < 4.78 is 0. The largest absolute Gasteiger partial charge is 0.355 e. The summed E-state index contributed by atoms with van der Waals surface area (Å²) in [6.07, 6.45) is 0. The Hall–Kier alpha value is -6.44. The Labute approximate surface area is 312 Å². The van der Waals surface area contributed by atoms with Gasteiger partial charge in [0.05, 0.1) is 5.41 Å². The lowest BCUT2D eigenvalue weighted by Crippen LogP contribution is -2.25. The first-order valence-electron chi connectivity index (χ1n) is 18.6. The molecule has 1 nitrogen and oxygen atoms in total. The van der Waals surface area contributed by atoms with E-state index in [2.05, 4.69) is 213 Å². The Morgan fingerprint density at radius 3 is 1.26 bits per heavy atom. The van der Waals surface area contributed by atoms with Crippen molar-refractivity contribution in [2.75, 3.05) is 5.32 Å². The summed E-state index contributed by atoms with van der Waals surface area (Å²) in [6.45, 7) is 4.61. The Morgan fingerprint density at radius 2 is 0.717 bits per heavy atom. The third-order valence-electron chi connectivity index (χ3n) is 11.8. The second kappa shape index (κ2) is 12.1. The van der Waals surface area contributed by atoms with Crippen molar-refractivity contribution in [3.05, 3.63) is 228 Å². The summed E-state index contributed by atoms with van der Waals surface area (Å²) >= 11 is 0. The van der Waals surface area contributed by atoms with Crippen LogP contribution in [-0.4, -0.2) is 0 Å². The van der Waals surface area contributed by atoms with Crippen LogP contribution in [0.4, 0.5) is 11.4 Å². The van der Waals surface area contributed by atoms with Gasteiger partial charge < -0.3 is 5.32 Å². The van der Waals surface area contributed by atoms with E-state index in [9.17, 15) is 0 Å². The van der Waals surface area contributed by atoms with Crippen LogP contribution in [0.25, 0.3) is 44.5 Å². The maximum absolute atomic E-state index is 3.78. The number of fused-ring (bicyclic) bond motifs is 13. The van der Waals surface area contributed by atoms with Crippen molar-refractivity contribution in [2.24, 2.45) is 0 Å². The van der Waals surface area contributed by atoms with Gasteiger partial charge in [0.1, 0.15) is 0 Å². The maximum Gasteiger partial charge on any atom is 0.0726 e. The van der Waals surface area contributed by atoms with E-state index >= 15 is 0 Å². The molecule has 3 aliphatic rings. The summed E-state index contributed by atoms with van der Waals surface area (Å²) in [4.78, 5) is 0. The van der Waals surface area contributed by atoms with E-state index in [1.807, 2.05) is 0 Å². The Bertz CT molecular complexity index is 2570. The molecule has 0 aromatic heterocycles. The smallest absolute Gasteiger partial charge is 0.0726 e. The molecule has 0 bridgehead atoms. The van der Waals surface area contributed by atoms with Crippen molar-refractivity contribution in [2.45, 2.75) is 24.7 Å². The van der Waals surface area contributed by atoms with Crippen LogP contribution in [-0.2, 0) is 10.8 Å². The van der Waals surface area contributed by atoms with E-state index in [-0.39, 0.29) is 10.8 Å². The standard InChI is InChI=1S/C37H25N.C15H14/c1-2-11-25(12-3-1)26-21-23-27(24-22-26)38-35-20-10-19-34-36(35)30-15-6-9-18-33(30)37(34)31-16-7-4-13-28(31)29-14-5-8-17-32(29)37;1-15(2)13-9-5-3-7-11(13)12-8-4-6-10-14(12)15/h1-24,38H;3-10H,1-2H3. The first-order valence-corrected chi connectivity index (χ1v) is 18.6. The molecule has 0 heterocycles. The third kappa shape index (κ3) is 4.64. The molecule has 1 heteroatoms. The van der Waals surface area contributed by atoms with Gasteiger partial charge in [-0.1, -0.05) is 190 Å². The van der Waals surface area contributed by atoms with Crippen molar-refractivity contribution in [3.8, 4) is 44.5 Å². The first-order chi connectivity index (χ1) is 26.1. The van der Waals surface area contributed by atoms with Gasteiger partial charge in [0.15, 0.2) is 0 Å². The SMILES string of the molecule is CC1(C)c2ccccc2-c2ccccc21.c1ccc(-c2ccc(Nc3cccc4c3-c3ccccc3C43c4ccccc4-c4ccccc43)cc2)cc1. The molecule has 8 aromatic carbocycles. The maximum atomic E-state index is 3.78. The monoisotopic (exact) mass is 677 g/mol. The molecular weight excluding hydrogens is 639 g/mol. The van der Waals surface area contributed by atoms with Gasteiger partial charge in [0.2, 0.25) is 0 Å². The number of anilines is 2. The van der Waals surface area contributed by atoms with Crippen LogP contribution < -0.4 is 5.32 Å². The topological polar surface area (TPSA) is 12.0 Å². The fourth-order valence-electron chi connectivity index (χ4n) is 9.45. The van der Waals surface area contributed by atoms with Gasteiger partial charge in [0.25, 0.3) is 0 Å². The molecule has 0 saturated heterocycles. The molecule has 0 radical (unpaired) electrons. The van der Waals surface area contributed by atoms with Gasteiger partial charge in [-0.05, 0) is 90.5 Å². The van der Waals surface area contributed by atoms with Gasteiger partial charge >= 0.3 is 0 Å². The lowest BCUT2D eigenvalue weighted by Gasteiger charge is -2.30. The van der Waals surface area contributed by atoms with Crippen LogP contribution in [0.1, 0.15) is 47.2 Å². The summed E-state index contributed by atoms with van der Waals surface area (Å²) in [5.74, 6) is 0. The van der Waals surface area contributed by atoms with E-state index in [1.54, 1.807) is 0 Å². The van der Waals surface area contributed by atoms with Gasteiger partial charge in [-0.25, -0.2) is 0 Å². The molecule has 0 aliphatic heterocycles. The number of nitrogens with one attached hydrogen (secondary N) is 1. The molecule has 1 spiro atoms. The normalized spacial score (nSPS) is 14.2. The molecule has 252 valence electrons. The van der Waals surface area contributed by atoms with Gasteiger partial charge in [0, 0.05) is 22.4 Å². The zero-order valence-corrected chi connectivity index (χ0v) is 30.0. The molecule has 53 heavy (non-hydrogen) atoms. The highest BCUT2D eigenvalue weighted by Gasteiger charge is 2.52. The van der Waals surface area contributed by atoms with Crippen LogP contribution >= 0.6 is 0 Å². The van der Waals surface area contributed by atoms with Crippen LogP contribution in [0.15, 0.2) is 194 Å². The van der Waals surface area contributed by atoms with E-state index in [0.717, 1.165) is 11.4 Å². The molecule has 8 aromatic rings. The molecular formula is C52H39N. The lowest BCUT2D eigenvalue weighted by atomic mass is 9.70. The molecule has 0 atom stereocenters. The highest BCUT2D eigenvalue weighted by molar-refractivity contribution is 5.99. The quantitative estimate of drug-likeness (QED) is 0.196. The average Bonchev–Trinajstić information content (AvgIpc) is 3.78. The van der Waals surface area contributed by atoms with E-state index in [0.29, 0.717) is 0 Å². The van der Waals surface area contributed by atoms with Crippen LogP contribution in [0.3, 0.4) is 0 Å². The minimum atomic E-state index is -0.312. The molecule has 0 saturated carbocycles. The fourth-order valence-corrected chi connectivity index (χ4v) is 9.45. The van der Waals surface area contributed by atoms with E-state index in [4.69, 9.17) is 0 Å². The van der Waals surface area contributed by atoms with Crippen molar-refractivity contribution in [1.29, 1.82) is 0 Å². The molecule has 1 N–H and O–H groups in total. The lowest BCUT2D eigenvalue weighted by molar-refractivity contribution is 0.660.